The van der Waals surface area contributed by atoms with Crippen LogP contribution in [-0.2, 0) is 37.2 Å². The number of amides is 4. The summed E-state index contributed by atoms with van der Waals surface area (Å²) in [6, 6.07) is 18.8. The molecule has 1 saturated carbocycles. The van der Waals surface area contributed by atoms with Crippen LogP contribution in [0.1, 0.15) is 29.5 Å². The van der Waals surface area contributed by atoms with E-state index in [1.807, 2.05) is 6.08 Å². The number of alkyl halides is 3. The summed E-state index contributed by atoms with van der Waals surface area (Å²) in [4.78, 5) is 64.0. The van der Waals surface area contributed by atoms with Crippen molar-refractivity contribution in [1.29, 1.82) is 0 Å². The third kappa shape index (κ3) is 5.84. The van der Waals surface area contributed by atoms with E-state index in [1.54, 1.807) is 60.7 Å². The number of nitrogens with zero attached hydrogens (tertiary/aromatic N) is 3. The zero-order valence-corrected chi connectivity index (χ0v) is 32.9. The van der Waals surface area contributed by atoms with Gasteiger partial charge >= 0.3 is 6.18 Å². The molecule has 57 heavy (non-hydrogen) atoms. The first-order chi connectivity index (χ1) is 27.2. The van der Waals surface area contributed by atoms with Crippen LogP contribution >= 0.6 is 45.8 Å². The third-order valence-corrected chi connectivity index (χ3v) is 13.0. The Morgan fingerprint density at radius 2 is 1.67 bits per heavy atom. The quantitative estimate of drug-likeness (QED) is 0.116. The molecular formula is C41H28Cl2F3IN4O6. The monoisotopic (exact) mass is 926 g/mol. The third-order valence-electron chi connectivity index (χ3n) is 11.8. The molecule has 4 aromatic rings. The Labute approximate surface area is 346 Å². The molecule has 2 N–H and O–H groups in total. The van der Waals surface area contributed by atoms with Gasteiger partial charge < -0.3 is 9.84 Å². The highest BCUT2D eigenvalue weighted by Gasteiger charge is 2.71. The Hall–Kier alpha value is -4.93. The fraction of sp³-hybridized carbons (Fsp3) is 0.244. The summed E-state index contributed by atoms with van der Waals surface area (Å²) < 4.78 is 47.6. The van der Waals surface area contributed by atoms with Crippen molar-refractivity contribution >= 4 is 80.9 Å². The molecule has 2 aliphatic carbocycles. The van der Waals surface area contributed by atoms with Gasteiger partial charge in [-0.3, -0.25) is 29.5 Å². The van der Waals surface area contributed by atoms with Crippen LogP contribution in [0.4, 0.5) is 24.7 Å². The number of carbonyl (C=O) groups is 4. The predicted octanol–water partition coefficient (Wildman–Crippen LogP) is 8.26. The van der Waals surface area contributed by atoms with Gasteiger partial charge in [-0.25, -0.2) is 4.98 Å². The zero-order valence-electron chi connectivity index (χ0n) is 29.3. The van der Waals surface area contributed by atoms with E-state index in [2.05, 4.69) is 33.0 Å². The number of hydrogen-bond acceptors (Lipinski definition) is 8. The number of pyridine rings is 1. The lowest BCUT2D eigenvalue weighted by molar-refractivity contribution is -0.139. The van der Waals surface area contributed by atoms with Gasteiger partial charge in [0.2, 0.25) is 11.8 Å². The highest BCUT2D eigenvalue weighted by Crippen LogP contribution is 2.63. The number of fused-ring (bicyclic) bond motifs is 5. The number of anilines is 2. The number of carbonyl (C=O) groups excluding carboxylic acids is 4. The largest absolute Gasteiger partial charge is 0.508 e. The van der Waals surface area contributed by atoms with Crippen molar-refractivity contribution in [2.24, 2.45) is 29.6 Å². The average Bonchev–Trinajstić information content (AvgIpc) is 3.56. The lowest BCUT2D eigenvalue weighted by atomic mass is 9.48. The molecule has 6 atom stereocenters. The van der Waals surface area contributed by atoms with Crippen molar-refractivity contribution in [2.45, 2.75) is 30.9 Å². The number of hydrogen-bond donors (Lipinski definition) is 2. The molecule has 0 spiro atoms. The molecule has 3 aliphatic heterocycles. The van der Waals surface area contributed by atoms with Crippen molar-refractivity contribution in [3.63, 3.8) is 0 Å². The van der Waals surface area contributed by atoms with Crippen LogP contribution in [0.25, 0.3) is 0 Å². The summed E-state index contributed by atoms with van der Waals surface area (Å²) in [5.74, 6) is -6.61. The summed E-state index contributed by atoms with van der Waals surface area (Å²) in [5.41, 5.74) is 2.45. The number of benzene rings is 3. The van der Waals surface area contributed by atoms with Crippen molar-refractivity contribution in [3.8, 4) is 11.5 Å². The molecule has 2 saturated heterocycles. The van der Waals surface area contributed by atoms with E-state index in [0.717, 1.165) is 8.58 Å². The number of nitrogens with one attached hydrogen (secondary N) is 1. The van der Waals surface area contributed by atoms with E-state index in [9.17, 15) is 32.7 Å². The first-order valence-corrected chi connectivity index (χ1v) is 19.7. The number of aromatic hydroxyl groups is 1. The molecule has 1 aromatic heterocycles. The molecule has 3 fully saturated rings. The maximum Gasteiger partial charge on any atom is 0.417 e. The second kappa shape index (κ2) is 13.6. The highest BCUT2D eigenvalue weighted by atomic mass is 127. The van der Waals surface area contributed by atoms with Crippen LogP contribution in [0.2, 0.25) is 10.0 Å². The molecule has 4 heterocycles. The molecule has 4 amide bonds. The van der Waals surface area contributed by atoms with Gasteiger partial charge in [0.25, 0.3) is 11.8 Å². The van der Waals surface area contributed by atoms with E-state index in [1.165, 1.54) is 17.2 Å². The van der Waals surface area contributed by atoms with Crippen molar-refractivity contribution in [3.05, 3.63) is 133 Å². The maximum atomic E-state index is 15.4. The maximum absolute atomic E-state index is 15.4. The van der Waals surface area contributed by atoms with Crippen LogP contribution in [0.15, 0.2) is 102 Å². The smallest absolute Gasteiger partial charge is 0.417 e. The van der Waals surface area contributed by atoms with Gasteiger partial charge in [-0.2, -0.15) is 18.2 Å². The number of hydrazine groups is 1. The fourth-order valence-corrected chi connectivity index (χ4v) is 10.1. The van der Waals surface area contributed by atoms with Crippen LogP contribution in [0.5, 0.6) is 11.5 Å². The molecule has 0 bridgehead atoms. The van der Waals surface area contributed by atoms with Gasteiger partial charge in [0.05, 0.1) is 45.7 Å². The number of allylic oxidation sites excluding steroid dienone is 3. The summed E-state index contributed by atoms with van der Waals surface area (Å²) in [6.45, 7) is 0. The minimum Gasteiger partial charge on any atom is -0.508 e. The van der Waals surface area contributed by atoms with E-state index in [0.29, 0.717) is 51.0 Å². The van der Waals surface area contributed by atoms with Crippen LogP contribution < -0.4 is 15.1 Å². The lowest BCUT2D eigenvalue weighted by Gasteiger charge is -2.51. The van der Waals surface area contributed by atoms with Crippen molar-refractivity contribution in [1.82, 2.24) is 9.99 Å². The first kappa shape index (κ1) is 37.6. The van der Waals surface area contributed by atoms with Gasteiger partial charge in [0, 0.05) is 32.7 Å². The summed E-state index contributed by atoms with van der Waals surface area (Å²) >= 11 is 14.8. The first-order valence-electron chi connectivity index (χ1n) is 17.8. The number of aromatic nitrogens is 1. The number of phenols is 1. The van der Waals surface area contributed by atoms with Crippen molar-refractivity contribution < 1.29 is 42.2 Å². The Morgan fingerprint density at radius 1 is 0.930 bits per heavy atom. The second-order valence-electron chi connectivity index (χ2n) is 14.7. The van der Waals surface area contributed by atoms with Gasteiger partial charge in [0.15, 0.2) is 5.82 Å². The number of imide groups is 2. The number of ether oxygens (including phenoxy) is 1. The molecule has 5 aliphatic rings. The highest BCUT2D eigenvalue weighted by molar-refractivity contribution is 14.1. The molecule has 10 nitrogen and oxygen atoms in total. The van der Waals surface area contributed by atoms with Crippen LogP contribution in [0.3, 0.4) is 0 Å². The number of halogens is 6. The molecule has 16 heteroatoms. The number of rotatable bonds is 5. The zero-order chi connectivity index (χ0) is 40.1. The Bertz CT molecular complexity index is 2480. The minimum atomic E-state index is -4.75. The van der Waals surface area contributed by atoms with E-state index < -0.39 is 69.5 Å². The Kier molecular flexibility index (Phi) is 8.97. The Morgan fingerprint density at radius 3 is 2.37 bits per heavy atom. The normalized spacial score (nSPS) is 26.6. The van der Waals surface area contributed by atoms with E-state index in [-0.39, 0.29) is 36.7 Å². The lowest BCUT2D eigenvalue weighted by Crippen LogP contribution is -2.55. The predicted molar refractivity (Wildman–Crippen MR) is 210 cm³/mol. The molecule has 9 rings (SSSR count). The molecule has 3 aromatic carbocycles. The summed E-state index contributed by atoms with van der Waals surface area (Å²) in [7, 11) is 0. The Balaban J connectivity index is 1.21. The van der Waals surface area contributed by atoms with Crippen molar-refractivity contribution in [2.75, 3.05) is 10.3 Å². The van der Waals surface area contributed by atoms with E-state index >= 15 is 4.79 Å². The van der Waals surface area contributed by atoms with Gasteiger partial charge in [0.1, 0.15) is 11.5 Å². The average molecular weight is 928 g/mol. The second-order valence-corrected chi connectivity index (χ2v) is 16.8. The van der Waals surface area contributed by atoms with Gasteiger partial charge in [-0.1, -0.05) is 47.0 Å². The summed E-state index contributed by atoms with van der Waals surface area (Å²) in [5, 5.41) is 11.1. The van der Waals surface area contributed by atoms with E-state index in [4.69, 9.17) is 27.9 Å². The van der Waals surface area contributed by atoms with Gasteiger partial charge in [-0.05, 0) is 113 Å². The molecule has 6 unspecified atom stereocenters. The SMILES string of the molecule is O=C1C2CC3C(=CCC4C(=O)N(c5ccc(I)cc5)C(=O)C43)C(C3=COc4ccc(O)cc4C3)C2(c2ccc(Cl)cc2)C(=O)N1Nc1ncc(C(F)(F)F)cc1Cl. The standard InChI is InChI=1S/C41H28Cl2F3IN4O6/c42-23-3-1-21(2-4-23)40-30(37(54)51(39(40)56)49-35-31(43)15-22(17-48-35)41(44,45)46)16-29-27(34(40)20-13-19-14-26(52)9-12-32(19)57-18-20)10-11-28-33(29)38(55)50(36(28)53)25-7-5-24(47)6-8-25/h1-10,12,14-15,17-18,28-30,33-34,52H,11,13,16H2,(H,48,49). The molecular weight excluding hydrogens is 899 g/mol. The van der Waals surface area contributed by atoms with Gasteiger partial charge in [-0.15, -0.1) is 0 Å². The minimum absolute atomic E-state index is 0.0145. The van der Waals surface area contributed by atoms with Crippen LogP contribution in [0, 0.1) is 33.2 Å². The fourth-order valence-electron chi connectivity index (χ4n) is 9.44. The molecule has 0 radical (unpaired) electrons. The molecule has 290 valence electrons. The summed E-state index contributed by atoms with van der Waals surface area (Å²) in [6.07, 6.45) is -0.464. The topological polar surface area (TPSA) is 129 Å². The number of phenolic OH excluding ortho intramolecular Hbond substituents is 1. The van der Waals surface area contributed by atoms with Crippen LogP contribution in [-0.4, -0.2) is 38.7 Å².